The molecule has 156 valence electrons. The summed E-state index contributed by atoms with van der Waals surface area (Å²) in [5.41, 5.74) is 0.985. The highest BCUT2D eigenvalue weighted by molar-refractivity contribution is 7.15. The molecule has 2 saturated heterocycles. The van der Waals surface area contributed by atoms with E-state index >= 15 is 0 Å². The van der Waals surface area contributed by atoms with E-state index in [1.165, 1.54) is 11.3 Å². The molecular weight excluding hydrogens is 390 g/mol. The van der Waals surface area contributed by atoms with Crippen LogP contribution in [0.3, 0.4) is 0 Å². The van der Waals surface area contributed by atoms with Crippen molar-refractivity contribution in [3.05, 3.63) is 10.6 Å². The second-order valence-corrected chi connectivity index (χ2v) is 9.14. The number of rotatable bonds is 4. The fraction of sp³-hybridized carbons (Fsp3) is 0.684. The number of aromatic nitrogens is 1. The van der Waals surface area contributed by atoms with Crippen molar-refractivity contribution in [1.29, 1.82) is 5.26 Å². The molecule has 3 aliphatic rings. The summed E-state index contributed by atoms with van der Waals surface area (Å²) in [6, 6.07) is 0. The van der Waals surface area contributed by atoms with E-state index in [-0.39, 0.29) is 17.7 Å². The van der Waals surface area contributed by atoms with Gasteiger partial charge in [0, 0.05) is 57.1 Å². The lowest BCUT2D eigenvalue weighted by Crippen LogP contribution is -2.49. The molecule has 0 unspecified atom stereocenters. The van der Waals surface area contributed by atoms with Crippen LogP contribution < -0.4 is 5.32 Å². The number of amides is 2. The van der Waals surface area contributed by atoms with Crippen molar-refractivity contribution in [1.82, 2.24) is 24.6 Å². The molecule has 0 saturated carbocycles. The molecule has 1 aromatic heterocycles. The smallest absolute Gasteiger partial charge is 0.237 e. The van der Waals surface area contributed by atoms with Crippen molar-refractivity contribution >= 4 is 28.3 Å². The number of likely N-dealkylation sites (tertiary alicyclic amines) is 1. The number of piperazine rings is 1. The van der Waals surface area contributed by atoms with E-state index in [1.54, 1.807) is 4.90 Å². The fourth-order valence-corrected chi connectivity index (χ4v) is 5.06. The number of hydrogen-bond acceptors (Lipinski definition) is 8. The highest BCUT2D eigenvalue weighted by atomic mass is 32.1. The number of nitrogens with one attached hydrogen (secondary N) is 1. The van der Waals surface area contributed by atoms with Gasteiger partial charge in [-0.15, -0.1) is 0 Å². The van der Waals surface area contributed by atoms with Crippen LogP contribution in [0, 0.1) is 17.4 Å². The van der Waals surface area contributed by atoms with Gasteiger partial charge in [0.1, 0.15) is 0 Å². The first-order chi connectivity index (χ1) is 14.0. The highest BCUT2D eigenvalue weighted by Gasteiger charge is 2.30. The molecule has 1 atom stereocenters. The van der Waals surface area contributed by atoms with Gasteiger partial charge in [-0.2, -0.15) is 5.26 Å². The lowest BCUT2D eigenvalue weighted by atomic mass is 10.1. The van der Waals surface area contributed by atoms with Crippen LogP contribution in [0.2, 0.25) is 0 Å². The topological polar surface area (TPSA) is 95.8 Å². The molecule has 4 rings (SSSR count). The summed E-state index contributed by atoms with van der Waals surface area (Å²) < 4.78 is 0. The maximum absolute atomic E-state index is 12.7. The monoisotopic (exact) mass is 417 g/mol. The number of nitriles is 1. The molecule has 1 N–H and O–H groups in total. The molecule has 2 fully saturated rings. The zero-order chi connectivity index (χ0) is 20.4. The van der Waals surface area contributed by atoms with Crippen molar-refractivity contribution < 1.29 is 9.59 Å². The van der Waals surface area contributed by atoms with E-state index in [0.29, 0.717) is 44.3 Å². The van der Waals surface area contributed by atoms with Crippen LogP contribution in [0.25, 0.3) is 0 Å². The maximum Gasteiger partial charge on any atom is 0.237 e. The van der Waals surface area contributed by atoms with Gasteiger partial charge in [0.2, 0.25) is 11.8 Å². The quantitative estimate of drug-likeness (QED) is 0.690. The molecule has 0 radical (unpaired) electrons. The molecular formula is C19H27N7O2S. The van der Waals surface area contributed by atoms with Gasteiger partial charge in [-0.05, 0) is 13.5 Å². The van der Waals surface area contributed by atoms with E-state index in [4.69, 9.17) is 5.26 Å². The Balaban J connectivity index is 1.31. The van der Waals surface area contributed by atoms with Crippen molar-refractivity contribution in [2.24, 2.45) is 5.92 Å². The van der Waals surface area contributed by atoms with Crippen molar-refractivity contribution in [2.45, 2.75) is 19.4 Å². The van der Waals surface area contributed by atoms with Crippen LogP contribution in [0.5, 0.6) is 0 Å². The summed E-state index contributed by atoms with van der Waals surface area (Å²) >= 11 is 1.46. The second kappa shape index (κ2) is 8.65. The molecule has 1 aromatic rings. The van der Waals surface area contributed by atoms with Gasteiger partial charge in [0.25, 0.3) is 0 Å². The van der Waals surface area contributed by atoms with Crippen molar-refractivity contribution in [3.63, 3.8) is 0 Å². The van der Waals surface area contributed by atoms with Crippen LogP contribution >= 0.6 is 11.3 Å². The minimum absolute atomic E-state index is 0.0724. The van der Waals surface area contributed by atoms with E-state index < -0.39 is 0 Å². The van der Waals surface area contributed by atoms with Gasteiger partial charge in [0.15, 0.2) is 11.3 Å². The van der Waals surface area contributed by atoms with Gasteiger partial charge < -0.3 is 20.0 Å². The number of thiazole rings is 1. The Hall–Kier alpha value is -2.22. The summed E-state index contributed by atoms with van der Waals surface area (Å²) in [6.07, 6.45) is 3.51. The Morgan fingerprint density at radius 1 is 1.24 bits per heavy atom. The first-order valence-corrected chi connectivity index (χ1v) is 11.0. The lowest BCUT2D eigenvalue weighted by Gasteiger charge is -2.34. The predicted molar refractivity (Wildman–Crippen MR) is 109 cm³/mol. The molecule has 9 nitrogen and oxygen atoms in total. The van der Waals surface area contributed by atoms with E-state index in [1.807, 2.05) is 4.90 Å². The SMILES string of the molecule is CN1CCN(CC(=O)N2CCc3nc(NC(=O)[C@@H]4CCN(C#N)C4)sc3C2)CC1. The molecule has 0 aromatic carbocycles. The summed E-state index contributed by atoms with van der Waals surface area (Å²) in [4.78, 5) is 38.8. The number of nitrogens with zero attached hydrogens (tertiary/aromatic N) is 6. The zero-order valence-corrected chi connectivity index (χ0v) is 17.6. The zero-order valence-electron chi connectivity index (χ0n) is 16.8. The first kappa shape index (κ1) is 20.1. The Morgan fingerprint density at radius 3 is 2.76 bits per heavy atom. The van der Waals surface area contributed by atoms with Crippen LogP contribution in [0.1, 0.15) is 17.0 Å². The van der Waals surface area contributed by atoms with Gasteiger partial charge >= 0.3 is 0 Å². The number of carbonyl (C=O) groups is 2. The average Bonchev–Trinajstić information content (AvgIpc) is 3.35. The summed E-state index contributed by atoms with van der Waals surface area (Å²) in [7, 11) is 2.11. The van der Waals surface area contributed by atoms with Gasteiger partial charge in [-0.1, -0.05) is 11.3 Å². The molecule has 2 amide bonds. The van der Waals surface area contributed by atoms with Gasteiger partial charge in [0.05, 0.1) is 24.7 Å². The van der Waals surface area contributed by atoms with Crippen molar-refractivity contribution in [2.75, 3.05) is 64.7 Å². The Bertz CT molecular complexity index is 812. The van der Waals surface area contributed by atoms with Crippen LogP contribution in [-0.2, 0) is 22.6 Å². The largest absolute Gasteiger partial charge is 0.336 e. The Labute approximate surface area is 174 Å². The standard InChI is InChI=1S/C19H27N7O2S/c1-23-6-8-24(9-7-23)12-17(27)26-5-3-15-16(11-26)29-19(21-15)22-18(28)14-2-4-25(10-14)13-20/h14H,2-12H2,1H3,(H,21,22,28)/t14-/m1/s1. The van der Waals surface area contributed by atoms with E-state index in [2.05, 4.69) is 33.3 Å². The molecule has 4 heterocycles. The third-order valence-corrected chi connectivity index (χ3v) is 6.97. The first-order valence-electron chi connectivity index (χ1n) is 10.1. The van der Waals surface area contributed by atoms with Crippen LogP contribution in [0.4, 0.5) is 5.13 Å². The molecule has 29 heavy (non-hydrogen) atoms. The van der Waals surface area contributed by atoms with Crippen molar-refractivity contribution in [3.8, 4) is 6.19 Å². The lowest BCUT2D eigenvalue weighted by molar-refractivity contribution is -0.133. The number of likely N-dealkylation sites (N-methyl/N-ethyl adjacent to an activating group) is 1. The van der Waals surface area contributed by atoms with E-state index in [9.17, 15) is 9.59 Å². The number of fused-ring (bicyclic) bond motifs is 1. The molecule has 0 bridgehead atoms. The third-order valence-electron chi connectivity index (χ3n) is 5.97. The summed E-state index contributed by atoms with van der Waals surface area (Å²) in [5, 5.41) is 12.5. The molecule has 0 aliphatic carbocycles. The minimum atomic E-state index is -0.169. The average molecular weight is 418 g/mol. The fourth-order valence-electron chi connectivity index (χ4n) is 4.03. The predicted octanol–water partition coefficient (Wildman–Crippen LogP) is 0.0167. The molecule has 3 aliphatic heterocycles. The summed E-state index contributed by atoms with van der Waals surface area (Å²) in [5.74, 6) is -0.0733. The van der Waals surface area contributed by atoms with Crippen LogP contribution in [0.15, 0.2) is 0 Å². The van der Waals surface area contributed by atoms with Gasteiger partial charge in [-0.3, -0.25) is 14.5 Å². The normalized spacial score (nSPS) is 23.0. The van der Waals surface area contributed by atoms with Crippen LogP contribution in [-0.4, -0.2) is 95.8 Å². The second-order valence-electron chi connectivity index (χ2n) is 8.05. The maximum atomic E-state index is 12.7. The minimum Gasteiger partial charge on any atom is -0.336 e. The Kier molecular flexibility index (Phi) is 5.99. The number of hydrogen-bond donors (Lipinski definition) is 1. The number of anilines is 1. The van der Waals surface area contributed by atoms with E-state index in [0.717, 1.165) is 43.2 Å². The Morgan fingerprint density at radius 2 is 2.03 bits per heavy atom. The third kappa shape index (κ3) is 4.69. The molecule has 10 heteroatoms. The van der Waals surface area contributed by atoms with Gasteiger partial charge in [-0.25, -0.2) is 4.98 Å². The highest BCUT2D eigenvalue weighted by Crippen LogP contribution is 2.29. The molecule has 0 spiro atoms. The summed E-state index contributed by atoms with van der Waals surface area (Å²) in [6.45, 7) is 6.70. The number of carbonyl (C=O) groups excluding carboxylic acids is 2.